The van der Waals surface area contributed by atoms with Crippen molar-refractivity contribution in [2.75, 3.05) is 6.61 Å². The highest BCUT2D eigenvalue weighted by Crippen LogP contribution is 2.33. The maximum absolute atomic E-state index is 13.3. The summed E-state index contributed by atoms with van der Waals surface area (Å²) in [6, 6.07) is 16.5. The maximum Gasteiger partial charge on any atom is 0.316 e. The Morgan fingerprint density at radius 1 is 1.04 bits per heavy atom. The minimum Gasteiger partial charge on any atom is -0.465 e. The number of hydrogen-bond donors (Lipinski definition) is 0. The largest absolute Gasteiger partial charge is 0.465 e. The molecule has 0 aliphatic heterocycles. The number of benzene rings is 2. The summed E-state index contributed by atoms with van der Waals surface area (Å²) in [4.78, 5) is 26.0. The van der Waals surface area contributed by atoms with Gasteiger partial charge < -0.3 is 9.15 Å². The van der Waals surface area contributed by atoms with E-state index in [1.807, 2.05) is 42.5 Å². The number of fused-ring (bicyclic) bond motifs is 1. The third-order valence-corrected chi connectivity index (χ3v) is 4.62. The average molecular weight is 364 g/mol. The fourth-order valence-electron chi connectivity index (χ4n) is 3.29. The molecule has 0 aliphatic rings. The quantitative estimate of drug-likeness (QED) is 0.534. The summed E-state index contributed by atoms with van der Waals surface area (Å²) < 4.78 is 11.5. The van der Waals surface area contributed by atoms with E-state index in [9.17, 15) is 9.59 Å². The molecule has 0 fully saturated rings. The predicted octanol–water partition coefficient (Wildman–Crippen LogP) is 5.30. The molecule has 3 rings (SSSR count). The number of carbonyl (C=O) groups excluding carboxylic acids is 1. The van der Waals surface area contributed by atoms with Crippen LogP contribution in [0.25, 0.3) is 22.1 Å². The molecule has 4 nitrogen and oxygen atoms in total. The van der Waals surface area contributed by atoms with Gasteiger partial charge in [-0.25, -0.2) is 0 Å². The third-order valence-electron chi connectivity index (χ3n) is 4.62. The highest BCUT2D eigenvalue weighted by molar-refractivity contribution is 5.86. The number of rotatable bonds is 7. The van der Waals surface area contributed by atoms with Crippen LogP contribution in [0.1, 0.15) is 44.8 Å². The molecular formula is C23H24O4. The Balaban J connectivity index is 2.28. The van der Waals surface area contributed by atoms with Gasteiger partial charge in [0.05, 0.1) is 17.6 Å². The molecule has 0 radical (unpaired) electrons. The van der Waals surface area contributed by atoms with Crippen molar-refractivity contribution in [3.63, 3.8) is 0 Å². The summed E-state index contributed by atoms with van der Waals surface area (Å²) in [6.45, 7) is 4.14. The Morgan fingerprint density at radius 2 is 1.74 bits per heavy atom. The zero-order valence-electron chi connectivity index (χ0n) is 15.7. The zero-order valence-corrected chi connectivity index (χ0v) is 15.7. The molecule has 0 amide bonds. The Bertz CT molecular complexity index is 973. The second-order valence-electron chi connectivity index (χ2n) is 6.48. The number of hydrogen-bond acceptors (Lipinski definition) is 4. The molecule has 4 heteroatoms. The van der Waals surface area contributed by atoms with Crippen molar-refractivity contribution in [3.8, 4) is 11.1 Å². The van der Waals surface area contributed by atoms with E-state index in [1.165, 1.54) is 0 Å². The first-order valence-corrected chi connectivity index (χ1v) is 9.45. The Morgan fingerprint density at radius 3 is 2.44 bits per heavy atom. The fourth-order valence-corrected chi connectivity index (χ4v) is 3.29. The molecule has 1 atom stereocenters. The molecule has 27 heavy (non-hydrogen) atoms. The summed E-state index contributed by atoms with van der Waals surface area (Å²) in [6.07, 6.45) is 2.36. The summed E-state index contributed by atoms with van der Waals surface area (Å²) in [5.41, 5.74) is 1.56. The summed E-state index contributed by atoms with van der Waals surface area (Å²) in [7, 11) is 0. The molecule has 0 bridgehead atoms. The lowest BCUT2D eigenvalue weighted by Gasteiger charge is -2.18. The van der Waals surface area contributed by atoms with Crippen molar-refractivity contribution < 1.29 is 13.9 Å². The molecular weight excluding hydrogens is 340 g/mol. The van der Waals surface area contributed by atoms with Crippen LogP contribution >= 0.6 is 0 Å². The van der Waals surface area contributed by atoms with Gasteiger partial charge in [-0.05, 0) is 31.0 Å². The first-order valence-electron chi connectivity index (χ1n) is 9.45. The van der Waals surface area contributed by atoms with Crippen molar-refractivity contribution in [2.24, 2.45) is 0 Å². The van der Waals surface area contributed by atoms with Gasteiger partial charge in [-0.3, -0.25) is 9.59 Å². The normalized spacial score (nSPS) is 12.1. The van der Waals surface area contributed by atoms with Crippen molar-refractivity contribution in [3.05, 3.63) is 70.6 Å². The Hall–Kier alpha value is -2.88. The van der Waals surface area contributed by atoms with Crippen LogP contribution in [0.3, 0.4) is 0 Å². The summed E-state index contributed by atoms with van der Waals surface area (Å²) in [5.74, 6) is -0.546. The monoisotopic (exact) mass is 364 g/mol. The van der Waals surface area contributed by atoms with Crippen molar-refractivity contribution >= 4 is 16.9 Å². The van der Waals surface area contributed by atoms with Crippen LogP contribution in [0.15, 0.2) is 63.8 Å². The van der Waals surface area contributed by atoms with Crippen LogP contribution in [0.2, 0.25) is 0 Å². The van der Waals surface area contributed by atoms with E-state index in [2.05, 4.69) is 6.92 Å². The minimum atomic E-state index is -0.600. The van der Waals surface area contributed by atoms with Crippen molar-refractivity contribution in [1.82, 2.24) is 0 Å². The van der Waals surface area contributed by atoms with Crippen LogP contribution in [-0.4, -0.2) is 12.6 Å². The highest BCUT2D eigenvalue weighted by Gasteiger charge is 2.29. The van der Waals surface area contributed by atoms with E-state index in [4.69, 9.17) is 9.15 Å². The first-order chi connectivity index (χ1) is 13.2. The van der Waals surface area contributed by atoms with E-state index in [-0.39, 0.29) is 11.4 Å². The lowest BCUT2D eigenvalue weighted by Crippen LogP contribution is -2.20. The van der Waals surface area contributed by atoms with Gasteiger partial charge in [-0.15, -0.1) is 0 Å². The molecule has 140 valence electrons. The third kappa shape index (κ3) is 3.95. The van der Waals surface area contributed by atoms with Crippen LogP contribution in [0.5, 0.6) is 0 Å². The average Bonchev–Trinajstić information content (AvgIpc) is 2.69. The number of para-hydroxylation sites is 1. The Kier molecular flexibility index (Phi) is 6.07. The molecule has 0 saturated carbocycles. The van der Waals surface area contributed by atoms with E-state index in [0.717, 1.165) is 18.4 Å². The van der Waals surface area contributed by atoms with Crippen molar-refractivity contribution in [2.45, 2.75) is 39.0 Å². The molecule has 0 spiro atoms. The summed E-state index contributed by atoms with van der Waals surface area (Å²) >= 11 is 0. The zero-order chi connectivity index (χ0) is 19.2. The minimum absolute atomic E-state index is 0.121. The van der Waals surface area contributed by atoms with Gasteiger partial charge in [0.1, 0.15) is 17.3 Å². The predicted molar refractivity (Wildman–Crippen MR) is 107 cm³/mol. The number of esters is 1. The lowest BCUT2D eigenvalue weighted by molar-refractivity contribution is -0.145. The number of ether oxygens (including phenoxy) is 1. The van der Waals surface area contributed by atoms with E-state index >= 15 is 0 Å². The van der Waals surface area contributed by atoms with E-state index in [1.54, 1.807) is 19.1 Å². The van der Waals surface area contributed by atoms with Gasteiger partial charge in [0.25, 0.3) is 0 Å². The van der Waals surface area contributed by atoms with Gasteiger partial charge in [-0.1, -0.05) is 62.2 Å². The molecule has 1 unspecified atom stereocenters. The topological polar surface area (TPSA) is 56.5 Å². The van der Waals surface area contributed by atoms with Gasteiger partial charge in [0.15, 0.2) is 0 Å². The van der Waals surface area contributed by atoms with Crippen LogP contribution < -0.4 is 5.43 Å². The molecule has 1 aromatic heterocycles. The van der Waals surface area contributed by atoms with Gasteiger partial charge >= 0.3 is 5.97 Å². The van der Waals surface area contributed by atoms with E-state index in [0.29, 0.717) is 35.3 Å². The first kappa shape index (κ1) is 18.9. The van der Waals surface area contributed by atoms with Crippen LogP contribution in [0, 0.1) is 0 Å². The van der Waals surface area contributed by atoms with Crippen molar-refractivity contribution in [1.29, 1.82) is 0 Å². The van der Waals surface area contributed by atoms with Gasteiger partial charge in [0, 0.05) is 0 Å². The molecule has 2 aromatic carbocycles. The molecule has 0 aliphatic carbocycles. The summed E-state index contributed by atoms with van der Waals surface area (Å²) in [5, 5.41) is 0.512. The second-order valence-corrected chi connectivity index (χ2v) is 6.48. The smallest absolute Gasteiger partial charge is 0.316 e. The molecule has 1 heterocycles. The van der Waals surface area contributed by atoms with Gasteiger partial charge in [-0.2, -0.15) is 0 Å². The fraction of sp³-hybridized carbons (Fsp3) is 0.304. The van der Waals surface area contributed by atoms with E-state index < -0.39 is 5.92 Å². The molecule has 3 aromatic rings. The lowest BCUT2D eigenvalue weighted by atomic mass is 9.91. The van der Waals surface area contributed by atoms with Gasteiger partial charge in [0.2, 0.25) is 5.43 Å². The maximum atomic E-state index is 13.3. The number of unbranched alkanes of at least 4 members (excludes halogenated alkanes) is 1. The molecule has 0 saturated heterocycles. The highest BCUT2D eigenvalue weighted by atomic mass is 16.5. The SMILES string of the molecule is CCCCC(C(=O)OCC)c1oc2ccccc2c(=O)c1-c1ccccc1. The van der Waals surface area contributed by atoms with Crippen LogP contribution in [0.4, 0.5) is 0 Å². The molecule has 0 N–H and O–H groups in total. The van der Waals surface area contributed by atoms with Crippen LogP contribution in [-0.2, 0) is 9.53 Å². The number of carbonyl (C=O) groups is 1. The second kappa shape index (κ2) is 8.67. The Labute approximate surface area is 158 Å². The standard InChI is InChI=1S/C23H24O4/c1-3-5-13-18(23(25)26-4-2)22-20(16-11-7-6-8-12-16)21(24)17-14-9-10-15-19(17)27-22/h6-12,14-15,18H,3-5,13H2,1-2H3.